The molecule has 2 aromatic heterocycles. The van der Waals surface area contributed by atoms with Crippen molar-refractivity contribution in [2.75, 3.05) is 0 Å². The van der Waals surface area contributed by atoms with Crippen molar-refractivity contribution >= 4 is 21.4 Å². The lowest BCUT2D eigenvalue weighted by atomic mass is 10.2. The van der Waals surface area contributed by atoms with Gasteiger partial charge in [-0.25, -0.2) is 0 Å². The molecule has 0 aliphatic rings. The standard InChI is InChI=1S/C10H12N2S/c1-2-3-4-9-5-8-6-11-12-7-10(8)13-9/h5-7H,2-4H2,1H3. The number of aromatic nitrogens is 2. The van der Waals surface area contributed by atoms with E-state index < -0.39 is 0 Å². The van der Waals surface area contributed by atoms with Gasteiger partial charge < -0.3 is 0 Å². The Morgan fingerprint density at radius 2 is 2.15 bits per heavy atom. The summed E-state index contributed by atoms with van der Waals surface area (Å²) in [5.74, 6) is 0. The first-order valence-electron chi connectivity index (χ1n) is 4.59. The van der Waals surface area contributed by atoms with Crippen LogP contribution in [0.4, 0.5) is 0 Å². The molecule has 0 aliphatic heterocycles. The second-order valence-electron chi connectivity index (χ2n) is 3.12. The van der Waals surface area contributed by atoms with E-state index in [1.165, 1.54) is 34.2 Å². The Bertz CT molecular complexity index is 361. The fourth-order valence-electron chi connectivity index (χ4n) is 1.33. The van der Waals surface area contributed by atoms with E-state index in [-0.39, 0.29) is 0 Å². The lowest BCUT2D eigenvalue weighted by Gasteiger charge is -1.90. The quantitative estimate of drug-likeness (QED) is 0.747. The lowest BCUT2D eigenvalue weighted by Crippen LogP contribution is -1.76. The molecule has 0 aromatic carbocycles. The van der Waals surface area contributed by atoms with Crippen LogP contribution < -0.4 is 0 Å². The predicted molar refractivity (Wildman–Crippen MR) is 56.0 cm³/mol. The van der Waals surface area contributed by atoms with E-state index in [4.69, 9.17) is 0 Å². The number of unbranched alkanes of at least 4 members (excludes halogenated alkanes) is 1. The van der Waals surface area contributed by atoms with Gasteiger partial charge >= 0.3 is 0 Å². The minimum absolute atomic E-state index is 1.19. The van der Waals surface area contributed by atoms with Crippen LogP contribution in [-0.2, 0) is 6.42 Å². The smallest absolute Gasteiger partial charge is 0.0674 e. The molecule has 0 fully saturated rings. The number of hydrogen-bond donors (Lipinski definition) is 0. The second-order valence-corrected chi connectivity index (χ2v) is 4.29. The minimum Gasteiger partial charge on any atom is -0.158 e. The first-order chi connectivity index (χ1) is 6.40. The van der Waals surface area contributed by atoms with Gasteiger partial charge in [0.1, 0.15) is 0 Å². The summed E-state index contributed by atoms with van der Waals surface area (Å²) in [6.45, 7) is 2.22. The van der Waals surface area contributed by atoms with Crippen molar-refractivity contribution in [1.29, 1.82) is 0 Å². The van der Waals surface area contributed by atoms with Crippen LogP contribution >= 0.6 is 11.3 Å². The summed E-state index contributed by atoms with van der Waals surface area (Å²) in [5.41, 5.74) is 0. The second kappa shape index (κ2) is 3.83. The first-order valence-corrected chi connectivity index (χ1v) is 5.41. The Balaban J connectivity index is 2.28. The average Bonchev–Trinajstić information content (AvgIpc) is 2.57. The van der Waals surface area contributed by atoms with E-state index in [1.807, 2.05) is 23.7 Å². The Hall–Kier alpha value is -0.960. The lowest BCUT2D eigenvalue weighted by molar-refractivity contribution is 0.804. The third kappa shape index (κ3) is 1.86. The molecule has 2 nitrogen and oxygen atoms in total. The van der Waals surface area contributed by atoms with Gasteiger partial charge in [0, 0.05) is 10.3 Å². The average molecular weight is 192 g/mol. The van der Waals surface area contributed by atoms with Crippen molar-refractivity contribution in [3.63, 3.8) is 0 Å². The summed E-state index contributed by atoms with van der Waals surface area (Å²) in [7, 11) is 0. The number of fused-ring (bicyclic) bond motifs is 1. The fraction of sp³-hybridized carbons (Fsp3) is 0.400. The van der Waals surface area contributed by atoms with Gasteiger partial charge in [-0.15, -0.1) is 11.3 Å². The van der Waals surface area contributed by atoms with Gasteiger partial charge in [0.15, 0.2) is 0 Å². The zero-order valence-corrected chi connectivity index (χ0v) is 8.47. The van der Waals surface area contributed by atoms with E-state index in [9.17, 15) is 0 Å². The highest BCUT2D eigenvalue weighted by Gasteiger charge is 2.00. The van der Waals surface area contributed by atoms with Crippen molar-refractivity contribution in [1.82, 2.24) is 10.2 Å². The van der Waals surface area contributed by atoms with E-state index >= 15 is 0 Å². The number of hydrogen-bond acceptors (Lipinski definition) is 3. The molecule has 3 heteroatoms. The van der Waals surface area contributed by atoms with Gasteiger partial charge in [0.2, 0.25) is 0 Å². The summed E-state index contributed by atoms with van der Waals surface area (Å²) in [5, 5.41) is 8.96. The maximum Gasteiger partial charge on any atom is 0.0674 e. The molecular formula is C10H12N2S. The zero-order valence-electron chi connectivity index (χ0n) is 7.66. The van der Waals surface area contributed by atoms with Crippen LogP contribution in [0.5, 0.6) is 0 Å². The van der Waals surface area contributed by atoms with Crippen LogP contribution in [-0.4, -0.2) is 10.2 Å². The number of aryl methyl sites for hydroxylation is 1. The normalized spacial score (nSPS) is 10.8. The van der Waals surface area contributed by atoms with Crippen molar-refractivity contribution in [2.24, 2.45) is 0 Å². The van der Waals surface area contributed by atoms with E-state index in [0.717, 1.165) is 0 Å². The molecule has 0 atom stereocenters. The summed E-state index contributed by atoms with van der Waals surface area (Å²) in [4.78, 5) is 1.45. The molecule has 0 saturated heterocycles. The van der Waals surface area contributed by atoms with Crippen molar-refractivity contribution in [3.8, 4) is 0 Å². The molecule has 2 rings (SSSR count). The fourth-order valence-corrected chi connectivity index (χ4v) is 2.38. The van der Waals surface area contributed by atoms with Gasteiger partial charge in [-0.2, -0.15) is 10.2 Å². The van der Waals surface area contributed by atoms with E-state index in [1.54, 1.807) is 0 Å². The van der Waals surface area contributed by atoms with Crippen molar-refractivity contribution in [2.45, 2.75) is 26.2 Å². The van der Waals surface area contributed by atoms with Crippen LogP contribution in [0.3, 0.4) is 0 Å². The van der Waals surface area contributed by atoms with Crippen LogP contribution in [0.25, 0.3) is 10.1 Å². The molecule has 13 heavy (non-hydrogen) atoms. The number of rotatable bonds is 3. The van der Waals surface area contributed by atoms with Crippen molar-refractivity contribution < 1.29 is 0 Å². The molecule has 0 spiro atoms. The van der Waals surface area contributed by atoms with Crippen LogP contribution in [0.1, 0.15) is 24.6 Å². The van der Waals surface area contributed by atoms with Crippen LogP contribution in [0, 0.1) is 0 Å². The minimum atomic E-state index is 1.19. The number of thiophene rings is 1. The summed E-state index contributed by atoms with van der Waals surface area (Å²) >= 11 is 1.83. The van der Waals surface area contributed by atoms with Crippen molar-refractivity contribution in [3.05, 3.63) is 23.3 Å². The van der Waals surface area contributed by atoms with Crippen LogP contribution in [0.15, 0.2) is 18.5 Å². The topological polar surface area (TPSA) is 25.8 Å². The van der Waals surface area contributed by atoms with E-state index in [0.29, 0.717) is 0 Å². The van der Waals surface area contributed by atoms with Gasteiger partial charge in [-0.05, 0) is 18.9 Å². The molecule has 68 valence electrons. The maximum absolute atomic E-state index is 3.87. The molecule has 2 heterocycles. The molecule has 0 amide bonds. The maximum atomic E-state index is 3.87. The highest BCUT2D eigenvalue weighted by molar-refractivity contribution is 7.19. The van der Waals surface area contributed by atoms with Gasteiger partial charge in [-0.1, -0.05) is 13.3 Å². The summed E-state index contributed by atoms with van der Waals surface area (Å²) in [6, 6.07) is 2.23. The summed E-state index contributed by atoms with van der Waals surface area (Å²) < 4.78 is 1.25. The monoisotopic (exact) mass is 192 g/mol. The molecule has 2 aromatic rings. The first kappa shape index (κ1) is 8.63. The molecule has 0 N–H and O–H groups in total. The zero-order chi connectivity index (χ0) is 9.10. The molecule has 0 aliphatic carbocycles. The molecule has 0 unspecified atom stereocenters. The van der Waals surface area contributed by atoms with Gasteiger partial charge in [0.25, 0.3) is 0 Å². The Kier molecular flexibility index (Phi) is 2.54. The van der Waals surface area contributed by atoms with Crippen LogP contribution in [0.2, 0.25) is 0 Å². The third-order valence-corrected chi connectivity index (χ3v) is 3.20. The van der Waals surface area contributed by atoms with E-state index in [2.05, 4.69) is 23.2 Å². The highest BCUT2D eigenvalue weighted by Crippen LogP contribution is 2.24. The Morgan fingerprint density at radius 1 is 1.31 bits per heavy atom. The SMILES string of the molecule is CCCCc1cc2cnncc2s1. The Morgan fingerprint density at radius 3 is 2.92 bits per heavy atom. The largest absolute Gasteiger partial charge is 0.158 e. The Labute approximate surface area is 81.6 Å². The third-order valence-electron chi connectivity index (χ3n) is 2.06. The number of nitrogens with zero attached hydrogens (tertiary/aromatic N) is 2. The van der Waals surface area contributed by atoms with Gasteiger partial charge in [-0.3, -0.25) is 0 Å². The summed E-state index contributed by atoms with van der Waals surface area (Å²) in [6.07, 6.45) is 7.39. The molecular weight excluding hydrogens is 180 g/mol. The highest BCUT2D eigenvalue weighted by atomic mass is 32.1. The van der Waals surface area contributed by atoms with Gasteiger partial charge in [0.05, 0.1) is 17.1 Å². The molecule has 0 bridgehead atoms. The molecule has 0 saturated carbocycles. The predicted octanol–water partition coefficient (Wildman–Crippen LogP) is 3.03. The molecule has 0 radical (unpaired) electrons.